The van der Waals surface area contributed by atoms with E-state index in [1.807, 2.05) is 17.5 Å². The van der Waals surface area contributed by atoms with Crippen molar-refractivity contribution in [2.75, 3.05) is 0 Å². The molecular formula is C10H12O2S. The van der Waals surface area contributed by atoms with Crippen LogP contribution in [-0.4, -0.2) is 11.6 Å². The SMILES string of the molecule is CC(=O)CC(C(C)=O)c1cccs1. The molecule has 0 aliphatic carbocycles. The van der Waals surface area contributed by atoms with Crippen molar-refractivity contribution in [2.45, 2.75) is 26.2 Å². The van der Waals surface area contributed by atoms with Crippen molar-refractivity contribution >= 4 is 22.9 Å². The van der Waals surface area contributed by atoms with Gasteiger partial charge in [-0.15, -0.1) is 11.3 Å². The zero-order valence-electron chi connectivity index (χ0n) is 7.74. The van der Waals surface area contributed by atoms with E-state index in [1.165, 1.54) is 25.2 Å². The third-order valence-corrected chi connectivity index (χ3v) is 2.85. The Bertz CT molecular complexity index is 301. The summed E-state index contributed by atoms with van der Waals surface area (Å²) in [7, 11) is 0. The molecule has 0 aliphatic rings. The van der Waals surface area contributed by atoms with Crippen molar-refractivity contribution in [1.82, 2.24) is 0 Å². The average molecular weight is 196 g/mol. The lowest BCUT2D eigenvalue weighted by molar-refractivity contribution is -0.123. The molecule has 1 unspecified atom stereocenters. The first-order valence-electron chi connectivity index (χ1n) is 4.14. The molecule has 0 saturated heterocycles. The fourth-order valence-electron chi connectivity index (χ4n) is 1.22. The molecule has 2 nitrogen and oxygen atoms in total. The number of rotatable bonds is 4. The molecule has 0 aliphatic heterocycles. The van der Waals surface area contributed by atoms with Crippen LogP contribution in [0.1, 0.15) is 31.1 Å². The second-order valence-corrected chi connectivity index (χ2v) is 4.06. The smallest absolute Gasteiger partial charge is 0.138 e. The maximum Gasteiger partial charge on any atom is 0.138 e. The van der Waals surface area contributed by atoms with E-state index >= 15 is 0 Å². The molecule has 0 radical (unpaired) electrons. The number of ketones is 2. The Morgan fingerprint density at radius 2 is 2.15 bits per heavy atom. The van der Waals surface area contributed by atoms with Crippen LogP contribution in [0.3, 0.4) is 0 Å². The molecule has 0 bridgehead atoms. The molecule has 3 heteroatoms. The third kappa shape index (κ3) is 2.77. The first-order chi connectivity index (χ1) is 6.11. The molecule has 0 spiro atoms. The standard InChI is InChI=1S/C10H12O2S/c1-7(11)6-9(8(2)12)10-4-3-5-13-10/h3-5,9H,6H2,1-2H3. The van der Waals surface area contributed by atoms with Gasteiger partial charge in [0.25, 0.3) is 0 Å². The summed E-state index contributed by atoms with van der Waals surface area (Å²) in [5, 5.41) is 1.92. The van der Waals surface area contributed by atoms with Gasteiger partial charge in [-0.3, -0.25) is 9.59 Å². The molecule has 1 rings (SSSR count). The molecule has 70 valence electrons. The van der Waals surface area contributed by atoms with Gasteiger partial charge in [-0.05, 0) is 25.3 Å². The molecule has 13 heavy (non-hydrogen) atoms. The molecule has 0 amide bonds. The molecule has 0 saturated carbocycles. The highest BCUT2D eigenvalue weighted by Crippen LogP contribution is 2.25. The van der Waals surface area contributed by atoms with Gasteiger partial charge in [-0.2, -0.15) is 0 Å². The summed E-state index contributed by atoms with van der Waals surface area (Å²) < 4.78 is 0. The fourth-order valence-corrected chi connectivity index (χ4v) is 2.11. The topological polar surface area (TPSA) is 34.1 Å². The summed E-state index contributed by atoms with van der Waals surface area (Å²) in [6.45, 7) is 3.05. The Hall–Kier alpha value is -0.960. The maximum atomic E-state index is 11.2. The lowest BCUT2D eigenvalue weighted by Crippen LogP contribution is -2.11. The number of hydrogen-bond donors (Lipinski definition) is 0. The first-order valence-corrected chi connectivity index (χ1v) is 5.02. The van der Waals surface area contributed by atoms with E-state index < -0.39 is 0 Å². The summed E-state index contributed by atoms with van der Waals surface area (Å²) in [6.07, 6.45) is 0.329. The Morgan fingerprint density at radius 3 is 2.54 bits per heavy atom. The highest BCUT2D eigenvalue weighted by molar-refractivity contribution is 7.10. The van der Waals surface area contributed by atoms with Crippen molar-refractivity contribution in [3.8, 4) is 0 Å². The van der Waals surface area contributed by atoms with Gasteiger partial charge in [0.05, 0.1) is 5.92 Å². The van der Waals surface area contributed by atoms with Crippen LogP contribution in [-0.2, 0) is 9.59 Å². The second kappa shape index (κ2) is 4.33. The lowest BCUT2D eigenvalue weighted by atomic mass is 9.97. The van der Waals surface area contributed by atoms with Crippen LogP contribution >= 0.6 is 11.3 Å². The predicted molar refractivity (Wildman–Crippen MR) is 53.0 cm³/mol. The van der Waals surface area contributed by atoms with E-state index in [4.69, 9.17) is 0 Å². The zero-order valence-corrected chi connectivity index (χ0v) is 8.56. The van der Waals surface area contributed by atoms with E-state index in [-0.39, 0.29) is 17.5 Å². The van der Waals surface area contributed by atoms with Crippen LogP contribution in [0.25, 0.3) is 0 Å². The molecule has 1 aromatic heterocycles. The van der Waals surface area contributed by atoms with Crippen LogP contribution in [0, 0.1) is 0 Å². The predicted octanol–water partition coefficient (Wildman–Crippen LogP) is 2.40. The Balaban J connectivity index is 2.81. The van der Waals surface area contributed by atoms with E-state index in [9.17, 15) is 9.59 Å². The second-order valence-electron chi connectivity index (χ2n) is 3.08. The van der Waals surface area contributed by atoms with Crippen molar-refractivity contribution in [2.24, 2.45) is 0 Å². The molecule has 0 N–H and O–H groups in total. The van der Waals surface area contributed by atoms with Gasteiger partial charge in [0.1, 0.15) is 11.6 Å². The van der Waals surface area contributed by atoms with Crippen LogP contribution in [0.5, 0.6) is 0 Å². The third-order valence-electron chi connectivity index (χ3n) is 1.87. The first kappa shape index (κ1) is 10.1. The van der Waals surface area contributed by atoms with Crippen molar-refractivity contribution < 1.29 is 9.59 Å². The number of carbonyl (C=O) groups is 2. The monoisotopic (exact) mass is 196 g/mol. The number of thiophene rings is 1. The molecule has 1 heterocycles. The van der Waals surface area contributed by atoms with Gasteiger partial charge in [0, 0.05) is 11.3 Å². The molecular weight excluding hydrogens is 184 g/mol. The lowest BCUT2D eigenvalue weighted by Gasteiger charge is -2.08. The van der Waals surface area contributed by atoms with Crippen LogP contribution in [0.2, 0.25) is 0 Å². The minimum absolute atomic E-state index is 0.0635. The molecule has 1 aromatic rings. The van der Waals surface area contributed by atoms with Crippen LogP contribution in [0.15, 0.2) is 17.5 Å². The largest absolute Gasteiger partial charge is 0.300 e. The molecule has 0 fully saturated rings. The summed E-state index contributed by atoms with van der Waals surface area (Å²) in [5.74, 6) is -0.0938. The minimum atomic E-state index is -0.225. The average Bonchev–Trinajstić information content (AvgIpc) is 2.50. The maximum absolute atomic E-state index is 11.2. The summed E-state index contributed by atoms with van der Waals surface area (Å²) in [5.41, 5.74) is 0. The number of hydrogen-bond acceptors (Lipinski definition) is 3. The molecule has 0 aromatic carbocycles. The molecule has 1 atom stereocenters. The van der Waals surface area contributed by atoms with E-state index in [0.29, 0.717) is 6.42 Å². The van der Waals surface area contributed by atoms with Gasteiger partial charge in [0.15, 0.2) is 0 Å². The normalized spacial score (nSPS) is 12.5. The minimum Gasteiger partial charge on any atom is -0.300 e. The quantitative estimate of drug-likeness (QED) is 0.741. The van der Waals surface area contributed by atoms with Crippen molar-refractivity contribution in [3.63, 3.8) is 0 Å². The van der Waals surface area contributed by atoms with E-state index in [2.05, 4.69) is 0 Å². The Kier molecular flexibility index (Phi) is 3.37. The van der Waals surface area contributed by atoms with Crippen LogP contribution < -0.4 is 0 Å². The van der Waals surface area contributed by atoms with Crippen molar-refractivity contribution in [3.05, 3.63) is 22.4 Å². The highest BCUT2D eigenvalue weighted by atomic mass is 32.1. The Labute approximate surface area is 81.6 Å². The van der Waals surface area contributed by atoms with E-state index in [1.54, 1.807) is 0 Å². The Morgan fingerprint density at radius 1 is 1.46 bits per heavy atom. The summed E-state index contributed by atoms with van der Waals surface area (Å²) in [4.78, 5) is 23.1. The van der Waals surface area contributed by atoms with Crippen molar-refractivity contribution in [1.29, 1.82) is 0 Å². The summed E-state index contributed by atoms with van der Waals surface area (Å²) in [6, 6.07) is 3.80. The van der Waals surface area contributed by atoms with Gasteiger partial charge >= 0.3 is 0 Å². The van der Waals surface area contributed by atoms with Gasteiger partial charge in [-0.1, -0.05) is 6.07 Å². The van der Waals surface area contributed by atoms with Crippen LogP contribution in [0.4, 0.5) is 0 Å². The fraction of sp³-hybridized carbons (Fsp3) is 0.400. The van der Waals surface area contributed by atoms with Gasteiger partial charge < -0.3 is 0 Å². The zero-order chi connectivity index (χ0) is 9.84. The number of carbonyl (C=O) groups excluding carboxylic acids is 2. The summed E-state index contributed by atoms with van der Waals surface area (Å²) >= 11 is 1.53. The van der Waals surface area contributed by atoms with Gasteiger partial charge in [-0.25, -0.2) is 0 Å². The van der Waals surface area contributed by atoms with Gasteiger partial charge in [0.2, 0.25) is 0 Å². The van der Waals surface area contributed by atoms with E-state index in [0.717, 1.165) is 4.88 Å². The highest BCUT2D eigenvalue weighted by Gasteiger charge is 2.19. The number of Topliss-reactive ketones (excluding diaryl/α,β-unsaturated/α-hetero) is 2.